The van der Waals surface area contributed by atoms with Gasteiger partial charge in [-0.1, -0.05) is 30.9 Å². The molecule has 0 spiro atoms. The summed E-state index contributed by atoms with van der Waals surface area (Å²) in [5.74, 6) is 5.77. The molecule has 0 aliphatic rings. The van der Waals surface area contributed by atoms with Crippen molar-refractivity contribution in [1.29, 1.82) is 0 Å². The van der Waals surface area contributed by atoms with Gasteiger partial charge in [-0.2, -0.15) is 0 Å². The van der Waals surface area contributed by atoms with Gasteiger partial charge in [0.25, 0.3) is 0 Å². The molecule has 0 fully saturated rings. The summed E-state index contributed by atoms with van der Waals surface area (Å²) in [6.07, 6.45) is 0.507. The van der Waals surface area contributed by atoms with Gasteiger partial charge in [0.2, 0.25) is 5.91 Å². The topological polar surface area (TPSA) is 46.2 Å². The number of ketones is 1. The molecule has 0 aromatic heterocycles. The molecule has 1 N–H and O–H groups in total. The van der Waals surface area contributed by atoms with E-state index < -0.39 is 0 Å². The summed E-state index contributed by atoms with van der Waals surface area (Å²) in [6.45, 7) is 3.63. The molecule has 17 heavy (non-hydrogen) atoms. The van der Waals surface area contributed by atoms with Gasteiger partial charge in [0.1, 0.15) is 0 Å². The molecule has 0 heterocycles. The predicted molar refractivity (Wildman–Crippen MR) is 66.6 cm³/mol. The lowest BCUT2D eigenvalue weighted by molar-refractivity contribution is -0.118. The van der Waals surface area contributed by atoms with E-state index in [0.717, 1.165) is 5.56 Å². The van der Waals surface area contributed by atoms with Gasteiger partial charge in [-0.3, -0.25) is 9.59 Å². The van der Waals surface area contributed by atoms with Crippen LogP contribution in [0.3, 0.4) is 0 Å². The Morgan fingerprint density at radius 3 is 2.41 bits per heavy atom. The van der Waals surface area contributed by atoms with Crippen molar-refractivity contribution in [3.05, 3.63) is 35.4 Å². The normalized spacial score (nSPS) is 9.06. The third-order valence-corrected chi connectivity index (χ3v) is 2.19. The molecule has 0 saturated heterocycles. The lowest BCUT2D eigenvalue weighted by Crippen LogP contribution is -2.19. The average Bonchev–Trinajstić information content (AvgIpc) is 2.34. The van der Waals surface area contributed by atoms with Crippen LogP contribution in [0.15, 0.2) is 24.3 Å². The summed E-state index contributed by atoms with van der Waals surface area (Å²) in [4.78, 5) is 22.0. The van der Waals surface area contributed by atoms with Crippen LogP contribution in [-0.4, -0.2) is 18.2 Å². The first-order valence-corrected chi connectivity index (χ1v) is 5.50. The third-order valence-electron chi connectivity index (χ3n) is 2.19. The maximum atomic E-state index is 11.4. The number of nitrogens with one attached hydrogen (secondary N) is 1. The van der Waals surface area contributed by atoms with Gasteiger partial charge in [0.05, 0.1) is 6.54 Å². The SMILES string of the molecule is CCC(=O)c1ccc(C#CCNC(C)=O)cc1. The second kappa shape index (κ2) is 6.49. The maximum Gasteiger partial charge on any atom is 0.217 e. The van der Waals surface area contributed by atoms with Crippen molar-refractivity contribution in [3.63, 3.8) is 0 Å². The summed E-state index contributed by atoms with van der Waals surface area (Å²) in [7, 11) is 0. The van der Waals surface area contributed by atoms with E-state index in [1.165, 1.54) is 6.92 Å². The predicted octanol–water partition coefficient (Wildman–Crippen LogP) is 1.77. The van der Waals surface area contributed by atoms with E-state index in [1.807, 2.05) is 19.1 Å². The maximum absolute atomic E-state index is 11.4. The fraction of sp³-hybridized carbons (Fsp3) is 0.286. The largest absolute Gasteiger partial charge is 0.345 e. The lowest BCUT2D eigenvalue weighted by atomic mass is 10.1. The standard InChI is InChI=1S/C14H15NO2/c1-3-14(17)13-8-6-12(7-9-13)5-4-10-15-11(2)16/h6-9H,3,10H2,1-2H3,(H,15,16). The highest BCUT2D eigenvalue weighted by Gasteiger charge is 2.00. The highest BCUT2D eigenvalue weighted by molar-refractivity contribution is 5.95. The zero-order valence-corrected chi connectivity index (χ0v) is 10.0. The monoisotopic (exact) mass is 229 g/mol. The smallest absolute Gasteiger partial charge is 0.217 e. The Hall–Kier alpha value is -2.08. The van der Waals surface area contributed by atoms with Gasteiger partial charge in [-0.15, -0.1) is 0 Å². The van der Waals surface area contributed by atoms with E-state index in [1.54, 1.807) is 12.1 Å². The Kier molecular flexibility index (Phi) is 4.96. The molecular formula is C14H15NO2. The molecule has 1 aromatic rings. The molecule has 3 heteroatoms. The molecule has 1 rings (SSSR count). The van der Waals surface area contributed by atoms with Crippen molar-refractivity contribution in [1.82, 2.24) is 5.32 Å². The number of hydrogen-bond donors (Lipinski definition) is 1. The van der Waals surface area contributed by atoms with E-state index in [9.17, 15) is 9.59 Å². The molecule has 0 atom stereocenters. The average molecular weight is 229 g/mol. The van der Waals surface area contributed by atoms with Gasteiger partial charge in [-0.05, 0) is 12.1 Å². The van der Waals surface area contributed by atoms with Crippen LogP contribution < -0.4 is 5.32 Å². The van der Waals surface area contributed by atoms with Gasteiger partial charge < -0.3 is 5.32 Å². The highest BCUT2D eigenvalue weighted by atomic mass is 16.1. The number of Topliss-reactive ketones (excluding diaryl/α,β-unsaturated/α-hetero) is 1. The number of hydrogen-bond acceptors (Lipinski definition) is 2. The van der Waals surface area contributed by atoms with Crippen molar-refractivity contribution in [2.24, 2.45) is 0 Å². The van der Waals surface area contributed by atoms with Crippen molar-refractivity contribution < 1.29 is 9.59 Å². The molecule has 0 radical (unpaired) electrons. The van der Waals surface area contributed by atoms with Crippen LogP contribution in [0, 0.1) is 11.8 Å². The Balaban J connectivity index is 2.62. The molecule has 1 amide bonds. The van der Waals surface area contributed by atoms with E-state index in [-0.39, 0.29) is 11.7 Å². The minimum Gasteiger partial charge on any atom is -0.345 e. The Morgan fingerprint density at radius 1 is 1.24 bits per heavy atom. The van der Waals surface area contributed by atoms with Crippen LogP contribution in [0.2, 0.25) is 0 Å². The van der Waals surface area contributed by atoms with Crippen LogP contribution in [0.1, 0.15) is 36.2 Å². The van der Waals surface area contributed by atoms with Crippen molar-refractivity contribution in [2.45, 2.75) is 20.3 Å². The number of carbonyl (C=O) groups is 2. The zero-order chi connectivity index (χ0) is 12.7. The van der Waals surface area contributed by atoms with Gasteiger partial charge >= 0.3 is 0 Å². The van der Waals surface area contributed by atoms with E-state index in [4.69, 9.17) is 0 Å². The minimum atomic E-state index is -0.0943. The molecule has 0 bridgehead atoms. The van der Waals surface area contributed by atoms with E-state index in [0.29, 0.717) is 18.5 Å². The molecule has 0 unspecified atom stereocenters. The second-order valence-corrected chi connectivity index (χ2v) is 3.57. The summed E-state index contributed by atoms with van der Waals surface area (Å²) < 4.78 is 0. The van der Waals surface area contributed by atoms with E-state index in [2.05, 4.69) is 17.2 Å². The molecule has 1 aromatic carbocycles. The van der Waals surface area contributed by atoms with Crippen LogP contribution >= 0.6 is 0 Å². The fourth-order valence-corrected chi connectivity index (χ4v) is 1.26. The Bertz CT molecular complexity index is 463. The van der Waals surface area contributed by atoms with Crippen LogP contribution in [-0.2, 0) is 4.79 Å². The summed E-state index contributed by atoms with van der Waals surface area (Å²) in [6, 6.07) is 7.16. The minimum absolute atomic E-state index is 0.0943. The molecule has 0 aliphatic heterocycles. The molecule has 88 valence electrons. The molecular weight excluding hydrogens is 214 g/mol. The van der Waals surface area contributed by atoms with Crippen molar-refractivity contribution in [2.75, 3.05) is 6.54 Å². The Morgan fingerprint density at radius 2 is 1.88 bits per heavy atom. The number of rotatable bonds is 3. The first-order valence-electron chi connectivity index (χ1n) is 5.50. The fourth-order valence-electron chi connectivity index (χ4n) is 1.26. The summed E-state index contributed by atoms with van der Waals surface area (Å²) in [5.41, 5.74) is 1.54. The zero-order valence-electron chi connectivity index (χ0n) is 10.0. The van der Waals surface area contributed by atoms with Gasteiger partial charge in [0.15, 0.2) is 5.78 Å². The van der Waals surface area contributed by atoms with Gasteiger partial charge in [0, 0.05) is 24.5 Å². The van der Waals surface area contributed by atoms with Crippen LogP contribution in [0.25, 0.3) is 0 Å². The number of amides is 1. The molecule has 0 aliphatic carbocycles. The first kappa shape index (κ1) is 13.0. The molecule has 3 nitrogen and oxygen atoms in total. The summed E-state index contributed by atoms with van der Waals surface area (Å²) >= 11 is 0. The first-order chi connectivity index (χ1) is 8.13. The van der Waals surface area contributed by atoms with Crippen molar-refractivity contribution >= 4 is 11.7 Å². The van der Waals surface area contributed by atoms with Gasteiger partial charge in [-0.25, -0.2) is 0 Å². The van der Waals surface area contributed by atoms with Crippen LogP contribution in [0.5, 0.6) is 0 Å². The number of benzene rings is 1. The number of carbonyl (C=O) groups excluding carboxylic acids is 2. The van der Waals surface area contributed by atoms with Crippen LogP contribution in [0.4, 0.5) is 0 Å². The highest BCUT2D eigenvalue weighted by Crippen LogP contribution is 2.05. The lowest BCUT2D eigenvalue weighted by Gasteiger charge is -1.97. The van der Waals surface area contributed by atoms with Crippen molar-refractivity contribution in [3.8, 4) is 11.8 Å². The van der Waals surface area contributed by atoms with E-state index >= 15 is 0 Å². The summed E-state index contributed by atoms with van der Waals surface area (Å²) in [5, 5.41) is 2.59. The quantitative estimate of drug-likeness (QED) is 0.634. The second-order valence-electron chi connectivity index (χ2n) is 3.57. The Labute approximate surface area is 101 Å². The molecule has 0 saturated carbocycles. The third kappa shape index (κ3) is 4.52.